The minimum atomic E-state index is -0.338. The van der Waals surface area contributed by atoms with Crippen LogP contribution in [-0.2, 0) is 4.74 Å². The van der Waals surface area contributed by atoms with Gasteiger partial charge in [0.25, 0.3) is 0 Å². The van der Waals surface area contributed by atoms with Gasteiger partial charge in [0.05, 0.1) is 36.5 Å². The SMILES string of the molecule is COC(=O)c1ccc(-c2ccn3c(c2)cc2c4ccccc4nc(-c4ccc(OC)cc4)c23)cc1. The Morgan fingerprint density at radius 3 is 2.26 bits per heavy atom. The zero-order valence-electron chi connectivity index (χ0n) is 19.4. The third-order valence-corrected chi connectivity index (χ3v) is 6.43. The number of carbonyl (C=O) groups is 1. The first-order valence-corrected chi connectivity index (χ1v) is 11.3. The second-order valence-corrected chi connectivity index (χ2v) is 8.39. The molecule has 0 spiro atoms. The van der Waals surface area contributed by atoms with Crippen molar-refractivity contribution in [2.24, 2.45) is 0 Å². The minimum Gasteiger partial charge on any atom is -0.497 e. The van der Waals surface area contributed by atoms with Crippen LogP contribution in [0.25, 0.3) is 49.7 Å². The molecule has 0 aliphatic heterocycles. The molecule has 35 heavy (non-hydrogen) atoms. The molecule has 6 rings (SSSR count). The maximum atomic E-state index is 11.8. The van der Waals surface area contributed by atoms with Gasteiger partial charge in [0.1, 0.15) is 5.75 Å². The molecule has 3 heterocycles. The first kappa shape index (κ1) is 20.9. The molecule has 3 aromatic carbocycles. The van der Waals surface area contributed by atoms with E-state index in [1.165, 1.54) is 7.11 Å². The van der Waals surface area contributed by atoms with Crippen molar-refractivity contribution in [3.63, 3.8) is 0 Å². The van der Waals surface area contributed by atoms with Gasteiger partial charge in [-0.15, -0.1) is 0 Å². The molecule has 0 bridgehead atoms. The lowest BCUT2D eigenvalue weighted by atomic mass is 10.0. The average molecular weight is 459 g/mol. The van der Waals surface area contributed by atoms with Gasteiger partial charge >= 0.3 is 5.97 Å². The second kappa shape index (κ2) is 8.29. The zero-order chi connectivity index (χ0) is 23.9. The molecule has 0 aliphatic rings. The number of hydrogen-bond donors (Lipinski definition) is 0. The number of hydrogen-bond acceptors (Lipinski definition) is 4. The van der Waals surface area contributed by atoms with E-state index in [1.54, 1.807) is 19.2 Å². The molecule has 0 radical (unpaired) electrons. The summed E-state index contributed by atoms with van der Waals surface area (Å²) in [7, 11) is 3.06. The lowest BCUT2D eigenvalue weighted by Crippen LogP contribution is -2.00. The number of rotatable bonds is 4. The number of nitrogens with zero attached hydrogens (tertiary/aromatic N) is 2. The molecule has 0 N–H and O–H groups in total. The molecule has 0 saturated carbocycles. The van der Waals surface area contributed by atoms with Gasteiger partial charge in [-0.3, -0.25) is 0 Å². The molecule has 0 unspecified atom stereocenters. The van der Waals surface area contributed by atoms with E-state index in [4.69, 9.17) is 14.5 Å². The zero-order valence-corrected chi connectivity index (χ0v) is 19.4. The van der Waals surface area contributed by atoms with Gasteiger partial charge in [-0.05, 0) is 71.8 Å². The third kappa shape index (κ3) is 3.49. The second-order valence-electron chi connectivity index (χ2n) is 8.39. The fraction of sp³-hybridized carbons (Fsp3) is 0.0667. The summed E-state index contributed by atoms with van der Waals surface area (Å²) in [5.74, 6) is 0.476. The van der Waals surface area contributed by atoms with Crippen molar-refractivity contribution >= 4 is 33.3 Å². The van der Waals surface area contributed by atoms with Gasteiger partial charge in [-0.2, -0.15) is 0 Å². The molecule has 6 aromatic rings. The Hall–Kier alpha value is -4.64. The number of methoxy groups -OCH3 is 2. The Bertz CT molecular complexity index is 1720. The number of carbonyl (C=O) groups excluding carboxylic acids is 1. The highest BCUT2D eigenvalue weighted by atomic mass is 16.5. The molecular formula is C30H22N2O3. The van der Waals surface area contributed by atoms with E-state index in [9.17, 15) is 4.79 Å². The van der Waals surface area contributed by atoms with Crippen LogP contribution in [0.2, 0.25) is 0 Å². The molecule has 0 amide bonds. The number of fused-ring (bicyclic) bond motifs is 5. The van der Waals surface area contributed by atoms with Gasteiger partial charge in [0, 0.05) is 28.0 Å². The first-order chi connectivity index (χ1) is 17.2. The van der Waals surface area contributed by atoms with Crippen LogP contribution in [0.4, 0.5) is 0 Å². The van der Waals surface area contributed by atoms with Crippen molar-refractivity contribution in [3.8, 4) is 28.1 Å². The van der Waals surface area contributed by atoms with Gasteiger partial charge in [0.15, 0.2) is 0 Å². The van der Waals surface area contributed by atoms with Crippen LogP contribution < -0.4 is 4.74 Å². The molecule has 0 fully saturated rings. The molecule has 5 nitrogen and oxygen atoms in total. The van der Waals surface area contributed by atoms with Crippen LogP contribution in [0.5, 0.6) is 5.75 Å². The lowest BCUT2D eigenvalue weighted by Gasteiger charge is -2.10. The monoisotopic (exact) mass is 458 g/mol. The van der Waals surface area contributed by atoms with Crippen LogP contribution in [0.3, 0.4) is 0 Å². The Morgan fingerprint density at radius 2 is 1.51 bits per heavy atom. The smallest absolute Gasteiger partial charge is 0.337 e. The van der Waals surface area contributed by atoms with Gasteiger partial charge < -0.3 is 13.9 Å². The Morgan fingerprint density at radius 1 is 0.771 bits per heavy atom. The fourth-order valence-electron chi connectivity index (χ4n) is 4.64. The van der Waals surface area contributed by atoms with Crippen LogP contribution in [-0.4, -0.2) is 29.6 Å². The first-order valence-electron chi connectivity index (χ1n) is 11.3. The Labute approximate surface area is 202 Å². The van der Waals surface area contributed by atoms with Crippen molar-refractivity contribution in [3.05, 3.63) is 103 Å². The van der Waals surface area contributed by atoms with E-state index in [0.717, 1.165) is 55.5 Å². The Kier molecular flexibility index (Phi) is 4.96. The van der Waals surface area contributed by atoms with Crippen LogP contribution in [0, 0.1) is 0 Å². The van der Waals surface area contributed by atoms with Gasteiger partial charge in [-0.25, -0.2) is 9.78 Å². The number of benzene rings is 3. The summed E-state index contributed by atoms with van der Waals surface area (Å²) in [4.78, 5) is 16.8. The predicted octanol–water partition coefficient (Wildman–Crippen LogP) is 6.77. The summed E-state index contributed by atoms with van der Waals surface area (Å²) in [6.07, 6.45) is 2.09. The number of ether oxygens (including phenoxy) is 2. The maximum Gasteiger partial charge on any atom is 0.337 e. The number of esters is 1. The van der Waals surface area contributed by atoms with Crippen molar-refractivity contribution < 1.29 is 14.3 Å². The molecule has 0 aliphatic carbocycles. The summed E-state index contributed by atoms with van der Waals surface area (Å²) in [6, 6.07) is 30.2. The third-order valence-electron chi connectivity index (χ3n) is 6.43. The predicted molar refractivity (Wildman–Crippen MR) is 139 cm³/mol. The highest BCUT2D eigenvalue weighted by Crippen LogP contribution is 2.36. The van der Waals surface area contributed by atoms with E-state index in [0.29, 0.717) is 5.56 Å². The number of para-hydroxylation sites is 1. The van der Waals surface area contributed by atoms with Crippen molar-refractivity contribution in [2.75, 3.05) is 14.2 Å². The fourth-order valence-corrected chi connectivity index (χ4v) is 4.64. The normalized spacial score (nSPS) is 11.3. The standard InChI is InChI=1S/C30H22N2O3/c1-34-24-13-11-20(12-14-24)28-29-26(25-5-3-4-6-27(25)31-28)18-23-17-22(15-16-32(23)29)19-7-9-21(10-8-19)30(33)35-2/h3-18H,1-2H3. The molecule has 170 valence electrons. The molecular weight excluding hydrogens is 436 g/mol. The topological polar surface area (TPSA) is 52.8 Å². The molecule has 0 atom stereocenters. The molecule has 5 heteroatoms. The summed E-state index contributed by atoms with van der Waals surface area (Å²) >= 11 is 0. The highest BCUT2D eigenvalue weighted by molar-refractivity contribution is 6.12. The van der Waals surface area contributed by atoms with E-state index in [1.807, 2.05) is 48.5 Å². The van der Waals surface area contributed by atoms with Crippen LogP contribution in [0.1, 0.15) is 10.4 Å². The quantitative estimate of drug-likeness (QED) is 0.274. The molecule has 0 saturated heterocycles. The van der Waals surface area contributed by atoms with Crippen molar-refractivity contribution in [2.45, 2.75) is 0 Å². The van der Waals surface area contributed by atoms with E-state index >= 15 is 0 Å². The molecule has 3 aromatic heterocycles. The maximum absolute atomic E-state index is 11.8. The van der Waals surface area contributed by atoms with E-state index in [2.05, 4.69) is 40.9 Å². The van der Waals surface area contributed by atoms with Crippen molar-refractivity contribution in [1.29, 1.82) is 0 Å². The summed E-state index contributed by atoms with van der Waals surface area (Å²) in [5, 5.41) is 2.27. The number of pyridine rings is 2. The number of aromatic nitrogens is 2. The summed E-state index contributed by atoms with van der Waals surface area (Å²) in [6.45, 7) is 0. The van der Waals surface area contributed by atoms with Crippen LogP contribution >= 0.6 is 0 Å². The van der Waals surface area contributed by atoms with Gasteiger partial charge in [-0.1, -0.05) is 30.3 Å². The Balaban J connectivity index is 1.56. The van der Waals surface area contributed by atoms with E-state index < -0.39 is 0 Å². The van der Waals surface area contributed by atoms with Crippen LogP contribution in [0.15, 0.2) is 97.2 Å². The van der Waals surface area contributed by atoms with Gasteiger partial charge in [0.2, 0.25) is 0 Å². The van der Waals surface area contributed by atoms with E-state index in [-0.39, 0.29) is 5.97 Å². The highest BCUT2D eigenvalue weighted by Gasteiger charge is 2.16. The lowest BCUT2D eigenvalue weighted by molar-refractivity contribution is 0.0600. The average Bonchev–Trinajstić information content (AvgIpc) is 3.31. The summed E-state index contributed by atoms with van der Waals surface area (Å²) < 4.78 is 12.4. The minimum absolute atomic E-state index is 0.338. The summed E-state index contributed by atoms with van der Waals surface area (Å²) in [5.41, 5.74) is 7.69. The van der Waals surface area contributed by atoms with Crippen molar-refractivity contribution in [1.82, 2.24) is 9.38 Å². The largest absolute Gasteiger partial charge is 0.497 e.